The highest BCUT2D eigenvalue weighted by molar-refractivity contribution is 6.10. The Hall–Kier alpha value is -3.37. The van der Waals surface area contributed by atoms with E-state index in [1.54, 1.807) is 0 Å². The Labute approximate surface area is 171 Å². The molecule has 0 spiro atoms. The highest BCUT2D eigenvalue weighted by atomic mass is 16.1. The van der Waals surface area contributed by atoms with E-state index >= 15 is 0 Å². The quantitative estimate of drug-likeness (QED) is 0.444. The van der Waals surface area contributed by atoms with Gasteiger partial charge in [0.05, 0.1) is 6.04 Å². The van der Waals surface area contributed by atoms with Crippen LogP contribution >= 0.6 is 0 Å². The second-order valence-corrected chi connectivity index (χ2v) is 7.40. The van der Waals surface area contributed by atoms with Crippen molar-refractivity contribution in [3.63, 3.8) is 0 Å². The first-order valence-electron chi connectivity index (χ1n) is 9.78. The number of rotatable bonds is 7. The van der Waals surface area contributed by atoms with Gasteiger partial charge in [-0.1, -0.05) is 60.7 Å². The number of nitrogens with one attached hydrogen (secondary N) is 2. The summed E-state index contributed by atoms with van der Waals surface area (Å²) in [5, 5.41) is 4.43. The Bertz CT molecular complexity index is 1100. The molecule has 0 aliphatic rings. The van der Waals surface area contributed by atoms with Crippen molar-refractivity contribution in [1.29, 1.82) is 0 Å². The van der Waals surface area contributed by atoms with Crippen molar-refractivity contribution in [2.45, 2.75) is 12.6 Å². The molecule has 0 saturated carbocycles. The van der Waals surface area contributed by atoms with E-state index in [1.165, 1.54) is 0 Å². The molecule has 1 heterocycles. The van der Waals surface area contributed by atoms with E-state index in [0.29, 0.717) is 12.1 Å². The summed E-state index contributed by atoms with van der Waals surface area (Å²) < 4.78 is 0. The fourth-order valence-electron chi connectivity index (χ4n) is 3.57. The van der Waals surface area contributed by atoms with Gasteiger partial charge < -0.3 is 9.88 Å². The van der Waals surface area contributed by atoms with Gasteiger partial charge in [-0.25, -0.2) is 0 Å². The predicted octanol–water partition coefficient (Wildman–Crippen LogP) is 4.95. The summed E-state index contributed by atoms with van der Waals surface area (Å²) in [5.74, 6) is 0.0681. The van der Waals surface area contributed by atoms with Crippen LogP contribution < -0.4 is 10.2 Å². The van der Waals surface area contributed by atoms with Crippen LogP contribution in [0.4, 0.5) is 5.69 Å². The number of benzene rings is 3. The molecule has 146 valence electrons. The zero-order valence-corrected chi connectivity index (χ0v) is 16.7. The summed E-state index contributed by atoms with van der Waals surface area (Å²) in [6, 6.07) is 25.8. The van der Waals surface area contributed by atoms with Crippen LogP contribution in [0.2, 0.25) is 0 Å². The Morgan fingerprint density at radius 3 is 2.34 bits per heavy atom. The molecule has 0 aliphatic heterocycles. The van der Waals surface area contributed by atoms with Crippen molar-refractivity contribution >= 4 is 22.4 Å². The largest absolute Gasteiger partial charge is 0.378 e. The molecule has 0 radical (unpaired) electrons. The SMILES string of the molecule is CN(C)c1ccc(CN[C@@H](C(=O)c2c[nH]c3ccccc23)c2ccccc2)cc1. The fourth-order valence-corrected chi connectivity index (χ4v) is 3.57. The molecule has 4 aromatic rings. The number of hydrogen-bond donors (Lipinski definition) is 2. The topological polar surface area (TPSA) is 48.1 Å². The molecule has 0 aliphatic carbocycles. The fraction of sp³-hybridized carbons (Fsp3) is 0.160. The number of Topliss-reactive ketones (excluding diaryl/α,β-unsaturated/α-hetero) is 1. The molecule has 2 N–H and O–H groups in total. The van der Waals surface area contributed by atoms with Crippen LogP contribution in [0, 0.1) is 0 Å². The minimum Gasteiger partial charge on any atom is -0.378 e. The van der Waals surface area contributed by atoms with Crippen LogP contribution in [-0.4, -0.2) is 24.9 Å². The molecule has 1 atom stereocenters. The molecule has 0 fully saturated rings. The minimum atomic E-state index is -0.413. The van der Waals surface area contributed by atoms with E-state index in [2.05, 4.69) is 39.5 Å². The van der Waals surface area contributed by atoms with Crippen molar-refractivity contribution in [2.24, 2.45) is 0 Å². The second kappa shape index (κ2) is 8.33. The van der Waals surface area contributed by atoms with Crippen LogP contribution in [0.5, 0.6) is 0 Å². The maximum absolute atomic E-state index is 13.5. The summed E-state index contributed by atoms with van der Waals surface area (Å²) in [4.78, 5) is 18.8. The molecular weight excluding hydrogens is 358 g/mol. The Morgan fingerprint density at radius 2 is 1.62 bits per heavy atom. The predicted molar refractivity (Wildman–Crippen MR) is 119 cm³/mol. The number of H-pyrrole nitrogens is 1. The normalized spacial score (nSPS) is 12.1. The number of hydrogen-bond acceptors (Lipinski definition) is 3. The van der Waals surface area contributed by atoms with E-state index in [1.807, 2.05) is 74.9 Å². The molecule has 4 rings (SSSR count). The number of aromatic nitrogens is 1. The van der Waals surface area contributed by atoms with Crippen molar-refractivity contribution in [3.05, 3.63) is 102 Å². The number of fused-ring (bicyclic) bond motifs is 1. The summed E-state index contributed by atoms with van der Waals surface area (Å²) >= 11 is 0. The lowest BCUT2D eigenvalue weighted by atomic mass is 9.96. The van der Waals surface area contributed by atoms with Gasteiger partial charge >= 0.3 is 0 Å². The first-order chi connectivity index (χ1) is 14.1. The summed E-state index contributed by atoms with van der Waals surface area (Å²) in [6.07, 6.45) is 1.82. The lowest BCUT2D eigenvalue weighted by Crippen LogP contribution is -2.28. The van der Waals surface area contributed by atoms with E-state index in [4.69, 9.17) is 0 Å². The highest BCUT2D eigenvalue weighted by Crippen LogP contribution is 2.25. The zero-order valence-electron chi connectivity index (χ0n) is 16.7. The molecular formula is C25H25N3O. The van der Waals surface area contributed by atoms with E-state index in [9.17, 15) is 4.79 Å². The second-order valence-electron chi connectivity index (χ2n) is 7.40. The molecule has 0 amide bonds. The van der Waals surface area contributed by atoms with Gasteiger partial charge in [-0.2, -0.15) is 0 Å². The van der Waals surface area contributed by atoms with Crippen LogP contribution in [0.15, 0.2) is 85.1 Å². The third kappa shape index (κ3) is 4.08. The Balaban J connectivity index is 1.61. The van der Waals surface area contributed by atoms with E-state index in [0.717, 1.165) is 27.7 Å². The lowest BCUT2D eigenvalue weighted by molar-refractivity contribution is 0.0943. The molecule has 0 bridgehead atoms. The van der Waals surface area contributed by atoms with Crippen LogP contribution in [0.3, 0.4) is 0 Å². The molecule has 4 nitrogen and oxygen atoms in total. The van der Waals surface area contributed by atoms with Crippen LogP contribution in [0.1, 0.15) is 27.5 Å². The molecule has 0 saturated heterocycles. The minimum absolute atomic E-state index is 0.0681. The number of anilines is 1. The molecule has 0 unspecified atom stereocenters. The van der Waals surface area contributed by atoms with E-state index < -0.39 is 6.04 Å². The maximum Gasteiger partial charge on any atom is 0.186 e. The van der Waals surface area contributed by atoms with Gasteiger partial charge in [0.1, 0.15) is 0 Å². The number of carbonyl (C=O) groups is 1. The van der Waals surface area contributed by atoms with Crippen LogP contribution in [0.25, 0.3) is 10.9 Å². The first kappa shape index (κ1) is 19.0. The highest BCUT2D eigenvalue weighted by Gasteiger charge is 2.23. The number of carbonyl (C=O) groups excluding carboxylic acids is 1. The van der Waals surface area contributed by atoms with Crippen LogP contribution in [-0.2, 0) is 6.54 Å². The Kier molecular flexibility index (Phi) is 5.45. The monoisotopic (exact) mass is 383 g/mol. The van der Waals surface area contributed by atoms with Crippen molar-refractivity contribution in [1.82, 2.24) is 10.3 Å². The number of aromatic amines is 1. The van der Waals surface area contributed by atoms with Crippen molar-refractivity contribution in [3.8, 4) is 0 Å². The van der Waals surface area contributed by atoms with Crippen molar-refractivity contribution < 1.29 is 4.79 Å². The van der Waals surface area contributed by atoms with Gasteiger partial charge in [0, 0.05) is 49.0 Å². The smallest absolute Gasteiger partial charge is 0.186 e. The van der Waals surface area contributed by atoms with Gasteiger partial charge in [0.15, 0.2) is 5.78 Å². The van der Waals surface area contributed by atoms with Gasteiger partial charge in [0.25, 0.3) is 0 Å². The van der Waals surface area contributed by atoms with E-state index in [-0.39, 0.29) is 5.78 Å². The Morgan fingerprint density at radius 1 is 0.931 bits per heavy atom. The first-order valence-corrected chi connectivity index (χ1v) is 9.78. The molecule has 4 heteroatoms. The standard InChI is InChI=1S/C25H25N3O/c1-28(2)20-14-12-18(13-15-20)16-27-24(19-8-4-3-5-9-19)25(29)22-17-26-23-11-7-6-10-21(22)23/h3-15,17,24,26-27H,16H2,1-2H3/t24-/m1/s1. The average molecular weight is 383 g/mol. The lowest BCUT2D eigenvalue weighted by Gasteiger charge is -2.19. The van der Waals surface area contributed by atoms with Crippen molar-refractivity contribution in [2.75, 3.05) is 19.0 Å². The summed E-state index contributed by atoms with van der Waals surface area (Å²) in [5.41, 5.74) is 4.95. The zero-order chi connectivity index (χ0) is 20.2. The maximum atomic E-state index is 13.5. The third-order valence-electron chi connectivity index (χ3n) is 5.21. The van der Waals surface area contributed by atoms with Gasteiger partial charge in [0.2, 0.25) is 0 Å². The number of para-hydroxylation sites is 1. The summed E-state index contributed by atoms with van der Waals surface area (Å²) in [7, 11) is 4.05. The van der Waals surface area contributed by atoms with Gasteiger partial charge in [-0.05, 0) is 29.3 Å². The molecule has 1 aromatic heterocycles. The molecule has 3 aromatic carbocycles. The van der Waals surface area contributed by atoms with Gasteiger partial charge in [-0.15, -0.1) is 0 Å². The average Bonchev–Trinajstić information content (AvgIpc) is 3.19. The van der Waals surface area contributed by atoms with Gasteiger partial charge in [-0.3, -0.25) is 10.1 Å². The molecule has 29 heavy (non-hydrogen) atoms. The number of ketones is 1. The number of nitrogens with zero attached hydrogens (tertiary/aromatic N) is 1. The summed E-state index contributed by atoms with van der Waals surface area (Å²) in [6.45, 7) is 0.612. The third-order valence-corrected chi connectivity index (χ3v) is 5.21.